The van der Waals surface area contributed by atoms with Crippen molar-refractivity contribution in [1.82, 2.24) is 14.9 Å². The summed E-state index contributed by atoms with van der Waals surface area (Å²) in [6, 6.07) is 23.5. The van der Waals surface area contributed by atoms with Crippen molar-refractivity contribution in [2.24, 2.45) is 0 Å². The van der Waals surface area contributed by atoms with Gasteiger partial charge in [-0.1, -0.05) is 42.5 Å². The molecule has 3 aromatic carbocycles. The molecule has 1 aliphatic rings. The first-order chi connectivity index (χ1) is 17.5. The Bertz CT molecular complexity index is 1380. The zero-order valence-electron chi connectivity index (χ0n) is 20.3. The van der Waals surface area contributed by atoms with Crippen molar-refractivity contribution < 1.29 is 13.9 Å². The summed E-state index contributed by atoms with van der Waals surface area (Å²) >= 11 is 0. The van der Waals surface area contributed by atoms with E-state index in [0.29, 0.717) is 49.2 Å². The average Bonchev–Trinajstić information content (AvgIpc) is 2.89. The van der Waals surface area contributed by atoms with Crippen LogP contribution < -0.4 is 9.64 Å². The van der Waals surface area contributed by atoms with Crippen molar-refractivity contribution in [3.05, 3.63) is 113 Å². The molecule has 1 aromatic heterocycles. The van der Waals surface area contributed by atoms with Gasteiger partial charge in [-0.2, -0.15) is 4.98 Å². The van der Waals surface area contributed by atoms with Crippen LogP contribution in [0, 0.1) is 12.7 Å². The van der Waals surface area contributed by atoms with Crippen LogP contribution in [-0.2, 0) is 19.5 Å². The van der Waals surface area contributed by atoms with Crippen LogP contribution in [0.4, 0.5) is 10.3 Å². The van der Waals surface area contributed by atoms with Gasteiger partial charge in [0.1, 0.15) is 11.6 Å². The zero-order valence-corrected chi connectivity index (χ0v) is 20.3. The van der Waals surface area contributed by atoms with Gasteiger partial charge in [-0.05, 0) is 54.4 Å². The number of amides is 1. The van der Waals surface area contributed by atoms with E-state index in [1.807, 2.05) is 61.3 Å². The molecule has 1 aliphatic heterocycles. The van der Waals surface area contributed by atoms with E-state index in [4.69, 9.17) is 14.7 Å². The molecule has 0 N–H and O–H groups in total. The Labute approximate surface area is 210 Å². The van der Waals surface area contributed by atoms with Crippen LogP contribution in [0.15, 0.2) is 78.9 Å². The SMILES string of the molecule is Cc1cccc(Oc2nc(N(C)Cc3ccccc3)nc3c2CN(C(=O)c2ccc(F)cc2)CC3)c1. The smallest absolute Gasteiger partial charge is 0.254 e. The highest BCUT2D eigenvalue weighted by molar-refractivity contribution is 5.94. The van der Waals surface area contributed by atoms with Crippen LogP contribution in [-0.4, -0.2) is 34.4 Å². The first-order valence-electron chi connectivity index (χ1n) is 11.9. The van der Waals surface area contributed by atoms with Gasteiger partial charge < -0.3 is 14.5 Å². The third-order valence-corrected chi connectivity index (χ3v) is 6.20. The Morgan fingerprint density at radius 2 is 1.81 bits per heavy atom. The maximum absolute atomic E-state index is 13.4. The molecule has 0 atom stereocenters. The lowest BCUT2D eigenvalue weighted by Crippen LogP contribution is -2.37. The second-order valence-electron chi connectivity index (χ2n) is 9.00. The lowest BCUT2D eigenvalue weighted by molar-refractivity contribution is 0.0732. The summed E-state index contributed by atoms with van der Waals surface area (Å²) < 4.78 is 19.6. The predicted molar refractivity (Wildman–Crippen MR) is 137 cm³/mol. The summed E-state index contributed by atoms with van der Waals surface area (Å²) in [5.41, 5.74) is 4.32. The lowest BCUT2D eigenvalue weighted by Gasteiger charge is -2.30. The van der Waals surface area contributed by atoms with Gasteiger partial charge in [0, 0.05) is 32.1 Å². The summed E-state index contributed by atoms with van der Waals surface area (Å²) in [6.07, 6.45) is 0.571. The molecule has 5 rings (SSSR count). The highest BCUT2D eigenvalue weighted by Crippen LogP contribution is 2.32. The van der Waals surface area contributed by atoms with Gasteiger partial charge in [-0.25, -0.2) is 9.37 Å². The van der Waals surface area contributed by atoms with E-state index in [-0.39, 0.29) is 11.7 Å². The second kappa shape index (κ2) is 10.2. The molecular formula is C29H27FN4O2. The number of aromatic nitrogens is 2. The Kier molecular flexibility index (Phi) is 6.62. The fourth-order valence-corrected chi connectivity index (χ4v) is 4.29. The minimum Gasteiger partial charge on any atom is -0.438 e. The van der Waals surface area contributed by atoms with Crippen molar-refractivity contribution in [3.8, 4) is 11.6 Å². The van der Waals surface area contributed by atoms with Crippen LogP contribution in [0.25, 0.3) is 0 Å². The third kappa shape index (κ3) is 5.20. The topological polar surface area (TPSA) is 58.6 Å². The number of carbonyl (C=O) groups is 1. The molecule has 36 heavy (non-hydrogen) atoms. The highest BCUT2D eigenvalue weighted by atomic mass is 19.1. The fraction of sp³-hybridized carbons (Fsp3) is 0.207. The molecule has 2 heterocycles. The zero-order chi connectivity index (χ0) is 25.1. The van der Waals surface area contributed by atoms with Crippen LogP contribution >= 0.6 is 0 Å². The minimum atomic E-state index is -0.370. The maximum atomic E-state index is 13.4. The van der Waals surface area contributed by atoms with Gasteiger partial charge in [-0.3, -0.25) is 4.79 Å². The standard InChI is InChI=1S/C29H27FN4O2/c1-20-7-6-10-24(17-20)36-27-25-19-34(28(35)22-11-13-23(30)14-12-22)16-15-26(25)31-29(32-27)33(2)18-21-8-4-3-5-9-21/h3-14,17H,15-16,18-19H2,1-2H3. The van der Waals surface area contributed by atoms with E-state index < -0.39 is 0 Å². The second-order valence-corrected chi connectivity index (χ2v) is 9.00. The molecule has 1 amide bonds. The summed E-state index contributed by atoms with van der Waals surface area (Å²) in [6.45, 7) is 3.48. The molecule has 0 aliphatic carbocycles. The predicted octanol–water partition coefficient (Wildman–Crippen LogP) is 5.55. The van der Waals surface area contributed by atoms with Crippen molar-refractivity contribution in [2.75, 3.05) is 18.5 Å². The van der Waals surface area contributed by atoms with Crippen molar-refractivity contribution in [1.29, 1.82) is 0 Å². The summed E-state index contributed by atoms with van der Waals surface area (Å²) in [4.78, 5) is 26.5. The van der Waals surface area contributed by atoms with Gasteiger partial charge in [0.2, 0.25) is 11.8 Å². The van der Waals surface area contributed by atoms with E-state index in [9.17, 15) is 9.18 Å². The van der Waals surface area contributed by atoms with Crippen molar-refractivity contribution >= 4 is 11.9 Å². The number of fused-ring (bicyclic) bond motifs is 1. The molecule has 0 unspecified atom stereocenters. The summed E-state index contributed by atoms with van der Waals surface area (Å²) in [5, 5.41) is 0. The molecule has 182 valence electrons. The van der Waals surface area contributed by atoms with Crippen LogP contribution in [0.1, 0.15) is 32.7 Å². The minimum absolute atomic E-state index is 0.160. The van der Waals surface area contributed by atoms with Gasteiger partial charge in [0.05, 0.1) is 17.8 Å². The first-order valence-corrected chi connectivity index (χ1v) is 11.9. The summed E-state index contributed by atoms with van der Waals surface area (Å²) in [5.74, 6) is 1.16. The molecule has 0 radical (unpaired) electrons. The molecule has 0 fully saturated rings. The average molecular weight is 483 g/mol. The lowest BCUT2D eigenvalue weighted by atomic mass is 10.0. The molecular weight excluding hydrogens is 455 g/mol. The number of ether oxygens (including phenoxy) is 1. The van der Waals surface area contributed by atoms with Crippen LogP contribution in [0.5, 0.6) is 11.6 Å². The maximum Gasteiger partial charge on any atom is 0.254 e. The number of benzene rings is 3. The Hall–Kier alpha value is -4.26. The number of rotatable bonds is 6. The van der Waals surface area contributed by atoms with E-state index in [2.05, 4.69) is 12.1 Å². The van der Waals surface area contributed by atoms with E-state index in [1.165, 1.54) is 24.3 Å². The molecule has 0 saturated heterocycles. The number of carbonyl (C=O) groups excluding carboxylic acids is 1. The highest BCUT2D eigenvalue weighted by Gasteiger charge is 2.28. The van der Waals surface area contributed by atoms with E-state index in [0.717, 1.165) is 22.4 Å². The molecule has 4 aromatic rings. The molecule has 0 bridgehead atoms. The first kappa shape index (κ1) is 23.5. The van der Waals surface area contributed by atoms with E-state index in [1.54, 1.807) is 4.90 Å². The Morgan fingerprint density at radius 1 is 1.03 bits per heavy atom. The molecule has 7 heteroatoms. The molecule has 6 nitrogen and oxygen atoms in total. The molecule has 0 saturated carbocycles. The number of halogens is 1. The van der Waals surface area contributed by atoms with Gasteiger partial charge in [0.25, 0.3) is 5.91 Å². The van der Waals surface area contributed by atoms with Crippen LogP contribution in [0.2, 0.25) is 0 Å². The Morgan fingerprint density at radius 3 is 2.56 bits per heavy atom. The largest absolute Gasteiger partial charge is 0.438 e. The third-order valence-electron chi connectivity index (χ3n) is 6.20. The number of hydrogen-bond donors (Lipinski definition) is 0. The molecule has 0 spiro atoms. The summed E-state index contributed by atoms with van der Waals surface area (Å²) in [7, 11) is 1.96. The van der Waals surface area contributed by atoms with Gasteiger partial charge >= 0.3 is 0 Å². The van der Waals surface area contributed by atoms with E-state index >= 15 is 0 Å². The quantitative estimate of drug-likeness (QED) is 0.361. The monoisotopic (exact) mass is 482 g/mol. The normalized spacial score (nSPS) is 12.7. The number of anilines is 1. The fourth-order valence-electron chi connectivity index (χ4n) is 4.29. The van der Waals surface area contributed by atoms with Crippen molar-refractivity contribution in [3.63, 3.8) is 0 Å². The number of nitrogens with zero attached hydrogens (tertiary/aromatic N) is 4. The van der Waals surface area contributed by atoms with Gasteiger partial charge in [0.15, 0.2) is 0 Å². The number of hydrogen-bond acceptors (Lipinski definition) is 5. The number of aryl methyl sites for hydroxylation is 1. The van der Waals surface area contributed by atoms with Crippen molar-refractivity contribution in [2.45, 2.75) is 26.4 Å². The van der Waals surface area contributed by atoms with Crippen LogP contribution in [0.3, 0.4) is 0 Å². The Balaban J connectivity index is 1.47. The van der Waals surface area contributed by atoms with Gasteiger partial charge in [-0.15, -0.1) is 0 Å².